The Hall–Kier alpha value is -4.64. The number of aliphatic carboxylic acids is 1. The van der Waals surface area contributed by atoms with Gasteiger partial charge in [0.2, 0.25) is 5.88 Å². The van der Waals surface area contributed by atoms with Crippen molar-refractivity contribution in [2.75, 3.05) is 42.9 Å². The summed E-state index contributed by atoms with van der Waals surface area (Å²) in [6.07, 6.45) is -0.888. The maximum absolute atomic E-state index is 14.2. The topological polar surface area (TPSA) is 147 Å². The molecule has 2 aromatic heterocycles. The lowest BCUT2D eigenvalue weighted by Gasteiger charge is -2.39. The van der Waals surface area contributed by atoms with E-state index in [0.29, 0.717) is 11.0 Å². The fourth-order valence-corrected chi connectivity index (χ4v) is 6.33. The molecule has 238 valence electrons. The molecule has 4 heterocycles. The molecule has 3 N–H and O–H groups in total. The molecule has 0 amide bonds. The first kappa shape index (κ1) is 31.8. The molecule has 45 heavy (non-hydrogen) atoms. The van der Waals surface area contributed by atoms with Crippen LogP contribution in [0.1, 0.15) is 6.42 Å². The number of carbonyl (C=O) groups is 1. The molecule has 0 unspecified atom stereocenters. The van der Waals surface area contributed by atoms with Gasteiger partial charge in [0, 0.05) is 48.7 Å². The minimum Gasteiger partial charge on any atom is -0.480 e. The number of anilines is 2. The van der Waals surface area contributed by atoms with Crippen LogP contribution in [-0.4, -0.2) is 73.9 Å². The average Bonchev–Trinajstić information content (AvgIpc) is 3.43. The number of hydrogen-bond acceptors (Lipinski definition) is 9. The van der Waals surface area contributed by atoms with Gasteiger partial charge in [-0.1, -0.05) is 12.1 Å². The van der Waals surface area contributed by atoms with Crippen LogP contribution in [0, 0.1) is 17.0 Å². The molecule has 2 fully saturated rings. The molecular formula is C28H25F5N6O5S. The number of fused-ring (bicyclic) bond motifs is 1. The van der Waals surface area contributed by atoms with Crippen molar-refractivity contribution in [2.24, 2.45) is 5.41 Å². The SMILES string of the molecule is COc1ncc(-c2ccc3ncnc(N4CCC5(CNC5)C4)c3c2)cc1NS(=O)(=O)c1c(F)cccc1F.O=C(O)C(F)(F)F. The van der Waals surface area contributed by atoms with Gasteiger partial charge in [-0.15, -0.1) is 0 Å². The molecule has 17 heteroatoms. The third kappa shape index (κ3) is 6.58. The van der Waals surface area contributed by atoms with Gasteiger partial charge < -0.3 is 20.1 Å². The number of pyridine rings is 1. The monoisotopic (exact) mass is 652 g/mol. The summed E-state index contributed by atoms with van der Waals surface area (Å²) in [6, 6.07) is 10.0. The number of benzene rings is 2. The van der Waals surface area contributed by atoms with Crippen LogP contribution < -0.4 is 19.7 Å². The summed E-state index contributed by atoms with van der Waals surface area (Å²) in [6.45, 7) is 3.83. The van der Waals surface area contributed by atoms with Crippen LogP contribution in [0.5, 0.6) is 5.88 Å². The van der Waals surface area contributed by atoms with E-state index >= 15 is 0 Å². The third-order valence-electron chi connectivity index (χ3n) is 7.40. The fraction of sp³-hybridized carbons (Fsp3) is 0.286. The van der Waals surface area contributed by atoms with E-state index in [-0.39, 0.29) is 11.6 Å². The van der Waals surface area contributed by atoms with Gasteiger partial charge in [-0.05, 0) is 42.3 Å². The molecule has 2 aliphatic rings. The summed E-state index contributed by atoms with van der Waals surface area (Å²) in [7, 11) is -3.30. The summed E-state index contributed by atoms with van der Waals surface area (Å²) in [4.78, 5) is 23.3. The fourth-order valence-electron chi connectivity index (χ4n) is 5.14. The van der Waals surface area contributed by atoms with Crippen molar-refractivity contribution in [1.29, 1.82) is 0 Å². The van der Waals surface area contributed by atoms with Gasteiger partial charge in [0.1, 0.15) is 29.5 Å². The Morgan fingerprint density at radius 1 is 1.07 bits per heavy atom. The molecule has 2 aromatic carbocycles. The summed E-state index contributed by atoms with van der Waals surface area (Å²) < 4.78 is 93.5. The van der Waals surface area contributed by atoms with E-state index in [2.05, 4.69) is 29.9 Å². The summed E-state index contributed by atoms with van der Waals surface area (Å²) >= 11 is 0. The number of carboxylic acids is 1. The first-order valence-electron chi connectivity index (χ1n) is 13.2. The van der Waals surface area contributed by atoms with E-state index in [0.717, 1.165) is 73.1 Å². The van der Waals surface area contributed by atoms with Crippen molar-refractivity contribution in [2.45, 2.75) is 17.5 Å². The predicted octanol–water partition coefficient (Wildman–Crippen LogP) is 4.21. The van der Waals surface area contributed by atoms with Crippen molar-refractivity contribution < 1.29 is 45.0 Å². The quantitative estimate of drug-likeness (QED) is 0.259. The zero-order valence-corrected chi connectivity index (χ0v) is 24.2. The lowest BCUT2D eigenvalue weighted by molar-refractivity contribution is -0.192. The van der Waals surface area contributed by atoms with Gasteiger partial charge in [0.05, 0.1) is 12.6 Å². The first-order chi connectivity index (χ1) is 21.2. The number of aromatic nitrogens is 3. The standard InChI is InChI=1S/C26H24F2N6O3S.C2HF3O2/c1-37-25-22(33-38(35,36)23-19(27)3-2-4-20(23)28)10-17(11-30-25)16-5-6-21-18(9-16)24(32-15-31-21)34-8-7-26(14-34)12-29-13-26;3-2(4,5)1(6)7/h2-6,9-11,15,29,33H,7-8,12-14H2,1H3;(H,6,7). The molecule has 0 aliphatic carbocycles. The third-order valence-corrected chi connectivity index (χ3v) is 8.82. The van der Waals surface area contributed by atoms with Crippen molar-refractivity contribution in [3.8, 4) is 17.0 Å². The number of nitrogens with one attached hydrogen (secondary N) is 2. The highest BCUT2D eigenvalue weighted by atomic mass is 32.2. The summed E-state index contributed by atoms with van der Waals surface area (Å²) in [5.41, 5.74) is 2.31. The lowest BCUT2D eigenvalue weighted by Crippen LogP contribution is -2.54. The number of sulfonamides is 1. The number of alkyl halides is 3. The summed E-state index contributed by atoms with van der Waals surface area (Å²) in [5.74, 6) is -4.37. The average molecular weight is 653 g/mol. The minimum atomic E-state index is -5.08. The largest absolute Gasteiger partial charge is 0.490 e. The van der Waals surface area contributed by atoms with Gasteiger partial charge in [-0.3, -0.25) is 4.72 Å². The highest BCUT2D eigenvalue weighted by Gasteiger charge is 2.43. The molecule has 2 saturated heterocycles. The Kier molecular flexibility index (Phi) is 8.50. The van der Waals surface area contributed by atoms with E-state index in [1.54, 1.807) is 6.33 Å². The van der Waals surface area contributed by atoms with Gasteiger partial charge >= 0.3 is 12.1 Å². The van der Waals surface area contributed by atoms with Crippen molar-refractivity contribution in [1.82, 2.24) is 20.3 Å². The second-order valence-corrected chi connectivity index (χ2v) is 12.1. The highest BCUT2D eigenvalue weighted by Crippen LogP contribution is 2.39. The zero-order chi connectivity index (χ0) is 32.6. The Balaban J connectivity index is 0.000000515. The van der Waals surface area contributed by atoms with Crippen LogP contribution in [-0.2, 0) is 14.8 Å². The maximum Gasteiger partial charge on any atom is 0.490 e. The Morgan fingerprint density at radius 3 is 2.33 bits per heavy atom. The van der Waals surface area contributed by atoms with Crippen molar-refractivity contribution >= 4 is 38.4 Å². The van der Waals surface area contributed by atoms with Crippen LogP contribution in [0.3, 0.4) is 0 Å². The van der Waals surface area contributed by atoms with Crippen molar-refractivity contribution in [3.63, 3.8) is 0 Å². The molecule has 1 spiro atoms. The smallest absolute Gasteiger partial charge is 0.480 e. The Morgan fingerprint density at radius 2 is 1.76 bits per heavy atom. The Labute approximate surface area is 253 Å². The van der Waals surface area contributed by atoms with E-state index in [9.17, 15) is 30.4 Å². The van der Waals surface area contributed by atoms with Gasteiger partial charge in [-0.2, -0.15) is 13.2 Å². The van der Waals surface area contributed by atoms with E-state index in [1.807, 2.05) is 18.2 Å². The molecule has 0 radical (unpaired) electrons. The number of ether oxygens (including phenoxy) is 1. The second kappa shape index (κ2) is 12.0. The maximum atomic E-state index is 14.2. The lowest BCUT2D eigenvalue weighted by atomic mass is 9.81. The highest BCUT2D eigenvalue weighted by molar-refractivity contribution is 7.92. The van der Waals surface area contributed by atoms with E-state index < -0.39 is 38.7 Å². The van der Waals surface area contributed by atoms with Crippen molar-refractivity contribution in [3.05, 3.63) is 66.6 Å². The van der Waals surface area contributed by atoms with Crippen LogP contribution >= 0.6 is 0 Å². The molecule has 0 bridgehead atoms. The second-order valence-electron chi connectivity index (χ2n) is 10.4. The minimum absolute atomic E-state index is 0.0460. The predicted molar refractivity (Wildman–Crippen MR) is 152 cm³/mol. The number of rotatable bonds is 6. The van der Waals surface area contributed by atoms with Crippen LogP contribution in [0.25, 0.3) is 22.0 Å². The number of methoxy groups -OCH3 is 1. The first-order valence-corrected chi connectivity index (χ1v) is 14.7. The molecule has 6 rings (SSSR count). The normalized spacial score (nSPS) is 15.7. The number of hydrogen-bond donors (Lipinski definition) is 3. The molecule has 11 nitrogen and oxygen atoms in total. The zero-order valence-electron chi connectivity index (χ0n) is 23.4. The van der Waals surface area contributed by atoms with E-state index in [4.69, 9.17) is 14.6 Å². The van der Waals surface area contributed by atoms with Gasteiger partial charge in [0.15, 0.2) is 4.90 Å². The number of nitrogens with zero attached hydrogens (tertiary/aromatic N) is 4. The number of carboxylic acid groups (broad SMARTS) is 1. The molecular weight excluding hydrogens is 627 g/mol. The molecule has 2 aliphatic heterocycles. The van der Waals surface area contributed by atoms with Gasteiger partial charge in [0.25, 0.3) is 10.0 Å². The summed E-state index contributed by atoms with van der Waals surface area (Å²) in [5, 5.41) is 11.4. The van der Waals surface area contributed by atoms with Crippen LogP contribution in [0.2, 0.25) is 0 Å². The molecule has 4 aromatic rings. The molecule has 0 saturated carbocycles. The van der Waals surface area contributed by atoms with Crippen LogP contribution in [0.15, 0.2) is 59.9 Å². The Bertz CT molecular complexity index is 1850. The van der Waals surface area contributed by atoms with Gasteiger partial charge in [-0.25, -0.2) is 36.9 Å². The number of halogens is 5. The van der Waals surface area contributed by atoms with Crippen LogP contribution in [0.4, 0.5) is 33.5 Å². The molecule has 0 atom stereocenters. The van der Waals surface area contributed by atoms with E-state index in [1.165, 1.54) is 19.4 Å².